The van der Waals surface area contributed by atoms with E-state index >= 15 is 0 Å². The summed E-state index contributed by atoms with van der Waals surface area (Å²) in [5, 5.41) is 0.814. The Bertz CT molecular complexity index is 479. The van der Waals surface area contributed by atoms with Crippen molar-refractivity contribution in [3.63, 3.8) is 0 Å². The normalized spacial score (nSPS) is 21.6. The average Bonchev–Trinajstić information content (AvgIpc) is 3.32. The minimum Gasteiger partial charge on any atom is -0.369 e. The van der Waals surface area contributed by atoms with Gasteiger partial charge in [0.05, 0.1) is 0 Å². The Morgan fingerprint density at radius 2 is 1.95 bits per heavy atom. The van der Waals surface area contributed by atoms with Crippen LogP contribution >= 0.6 is 11.6 Å². The standard InChI is InChI=1S/C17H26ClN3/c1-2-15(19)12-13-11-14(18)3-6-17(13)21-9-7-20(8-10-21)16-4-5-16/h3,6,11,15-16H,2,4-5,7-10,12,19H2,1H3. The van der Waals surface area contributed by atoms with Gasteiger partial charge >= 0.3 is 0 Å². The number of nitrogens with zero attached hydrogens (tertiary/aromatic N) is 2. The molecule has 0 aromatic heterocycles. The summed E-state index contributed by atoms with van der Waals surface area (Å²) in [6, 6.07) is 7.37. The summed E-state index contributed by atoms with van der Waals surface area (Å²) in [6.07, 6.45) is 4.71. The topological polar surface area (TPSA) is 32.5 Å². The molecule has 1 aliphatic heterocycles. The van der Waals surface area contributed by atoms with Crippen LogP contribution in [0.15, 0.2) is 18.2 Å². The van der Waals surface area contributed by atoms with E-state index in [1.807, 2.05) is 6.07 Å². The molecule has 1 aromatic carbocycles. The number of rotatable bonds is 5. The second kappa shape index (κ2) is 6.55. The first kappa shape index (κ1) is 15.1. The predicted molar refractivity (Wildman–Crippen MR) is 90.2 cm³/mol. The van der Waals surface area contributed by atoms with Gasteiger partial charge in [0, 0.05) is 49.0 Å². The lowest BCUT2D eigenvalue weighted by molar-refractivity contribution is 0.248. The van der Waals surface area contributed by atoms with Crippen LogP contribution in [0.25, 0.3) is 0 Å². The van der Waals surface area contributed by atoms with Crippen molar-refractivity contribution >= 4 is 17.3 Å². The maximum absolute atomic E-state index is 6.19. The van der Waals surface area contributed by atoms with Crippen molar-refractivity contribution in [2.75, 3.05) is 31.1 Å². The van der Waals surface area contributed by atoms with Gasteiger partial charge in [-0.3, -0.25) is 4.90 Å². The second-order valence-electron chi connectivity index (χ2n) is 6.40. The molecule has 1 aliphatic carbocycles. The first-order chi connectivity index (χ1) is 10.2. The van der Waals surface area contributed by atoms with E-state index in [1.54, 1.807) is 0 Å². The largest absolute Gasteiger partial charge is 0.369 e. The predicted octanol–water partition coefficient (Wildman–Crippen LogP) is 2.90. The van der Waals surface area contributed by atoms with Crippen LogP contribution < -0.4 is 10.6 Å². The van der Waals surface area contributed by atoms with E-state index < -0.39 is 0 Å². The van der Waals surface area contributed by atoms with Crippen molar-refractivity contribution in [3.05, 3.63) is 28.8 Å². The Balaban J connectivity index is 1.71. The second-order valence-corrected chi connectivity index (χ2v) is 6.84. The third kappa shape index (κ3) is 3.71. The number of hydrogen-bond acceptors (Lipinski definition) is 3. The van der Waals surface area contributed by atoms with E-state index in [9.17, 15) is 0 Å². The molecular weight excluding hydrogens is 282 g/mol. The van der Waals surface area contributed by atoms with Crippen LogP contribution in [0.1, 0.15) is 31.7 Å². The average molecular weight is 308 g/mol. The molecule has 1 saturated carbocycles. The van der Waals surface area contributed by atoms with Gasteiger partial charge in [0.1, 0.15) is 0 Å². The quantitative estimate of drug-likeness (QED) is 0.908. The molecule has 0 amide bonds. The fourth-order valence-corrected chi connectivity index (χ4v) is 3.42. The molecule has 0 spiro atoms. The fourth-order valence-electron chi connectivity index (χ4n) is 3.22. The highest BCUT2D eigenvalue weighted by molar-refractivity contribution is 6.30. The lowest BCUT2D eigenvalue weighted by atomic mass is 10.0. The third-order valence-corrected chi connectivity index (χ3v) is 5.00. The Morgan fingerprint density at radius 3 is 2.57 bits per heavy atom. The summed E-state index contributed by atoms with van der Waals surface area (Å²) >= 11 is 6.19. The number of anilines is 1. The SMILES string of the molecule is CCC(N)Cc1cc(Cl)ccc1N1CCN(C2CC2)CC1. The Hall–Kier alpha value is -0.770. The van der Waals surface area contributed by atoms with Gasteiger partial charge in [-0.05, 0) is 49.4 Å². The van der Waals surface area contributed by atoms with Crippen LogP contribution in [-0.4, -0.2) is 43.2 Å². The van der Waals surface area contributed by atoms with Crippen molar-refractivity contribution < 1.29 is 0 Å². The Morgan fingerprint density at radius 1 is 1.24 bits per heavy atom. The Kier molecular flexibility index (Phi) is 4.72. The lowest BCUT2D eigenvalue weighted by Crippen LogP contribution is -2.47. The maximum Gasteiger partial charge on any atom is 0.0410 e. The van der Waals surface area contributed by atoms with Crippen molar-refractivity contribution in [2.24, 2.45) is 5.73 Å². The summed E-state index contributed by atoms with van der Waals surface area (Å²) in [5.74, 6) is 0. The van der Waals surface area contributed by atoms with Gasteiger partial charge in [0.15, 0.2) is 0 Å². The van der Waals surface area contributed by atoms with Crippen LogP contribution in [0.3, 0.4) is 0 Å². The van der Waals surface area contributed by atoms with Crippen molar-refractivity contribution in [1.29, 1.82) is 0 Å². The highest BCUT2D eigenvalue weighted by atomic mass is 35.5. The number of halogens is 1. The van der Waals surface area contributed by atoms with Crippen molar-refractivity contribution in [1.82, 2.24) is 4.90 Å². The zero-order chi connectivity index (χ0) is 14.8. The van der Waals surface area contributed by atoms with E-state index in [0.29, 0.717) is 0 Å². The van der Waals surface area contributed by atoms with Crippen LogP contribution in [0.2, 0.25) is 5.02 Å². The van der Waals surface area contributed by atoms with Crippen LogP contribution in [0.4, 0.5) is 5.69 Å². The third-order valence-electron chi connectivity index (χ3n) is 4.77. The molecule has 21 heavy (non-hydrogen) atoms. The molecule has 3 rings (SSSR count). The van der Waals surface area contributed by atoms with Gasteiger partial charge < -0.3 is 10.6 Å². The van der Waals surface area contributed by atoms with Gasteiger partial charge in [0.25, 0.3) is 0 Å². The van der Waals surface area contributed by atoms with Gasteiger partial charge in [-0.15, -0.1) is 0 Å². The van der Waals surface area contributed by atoms with E-state index in [2.05, 4.69) is 28.9 Å². The van der Waals surface area contributed by atoms with Gasteiger partial charge in [-0.1, -0.05) is 18.5 Å². The van der Waals surface area contributed by atoms with Crippen molar-refractivity contribution in [3.8, 4) is 0 Å². The molecule has 116 valence electrons. The minimum absolute atomic E-state index is 0.218. The molecule has 3 nitrogen and oxygen atoms in total. The summed E-state index contributed by atoms with van der Waals surface area (Å²) in [7, 11) is 0. The zero-order valence-electron chi connectivity index (χ0n) is 12.9. The molecule has 1 saturated heterocycles. The van der Waals surface area contributed by atoms with Gasteiger partial charge in [0.2, 0.25) is 0 Å². The summed E-state index contributed by atoms with van der Waals surface area (Å²) in [5.41, 5.74) is 8.79. The number of piperazine rings is 1. The number of hydrogen-bond donors (Lipinski definition) is 1. The molecule has 1 aromatic rings. The minimum atomic E-state index is 0.218. The van der Waals surface area contributed by atoms with E-state index in [1.165, 1.54) is 37.2 Å². The molecule has 1 atom stereocenters. The molecule has 4 heteroatoms. The highest BCUT2D eigenvalue weighted by Crippen LogP contribution is 2.30. The molecule has 2 fully saturated rings. The molecule has 1 unspecified atom stereocenters. The number of nitrogens with two attached hydrogens (primary N) is 1. The summed E-state index contributed by atoms with van der Waals surface area (Å²) in [6.45, 7) is 6.75. The van der Waals surface area contributed by atoms with Gasteiger partial charge in [-0.25, -0.2) is 0 Å². The first-order valence-electron chi connectivity index (χ1n) is 8.20. The smallest absolute Gasteiger partial charge is 0.0410 e. The maximum atomic E-state index is 6.19. The lowest BCUT2D eigenvalue weighted by Gasteiger charge is -2.37. The summed E-state index contributed by atoms with van der Waals surface area (Å²) < 4.78 is 0. The molecule has 0 bridgehead atoms. The first-order valence-corrected chi connectivity index (χ1v) is 8.58. The van der Waals surface area contributed by atoms with E-state index in [-0.39, 0.29) is 6.04 Å². The summed E-state index contributed by atoms with van der Waals surface area (Å²) in [4.78, 5) is 5.15. The Labute approximate surface area is 133 Å². The fraction of sp³-hybridized carbons (Fsp3) is 0.647. The molecule has 2 aliphatic rings. The molecular formula is C17H26ClN3. The van der Waals surface area contributed by atoms with Crippen LogP contribution in [0.5, 0.6) is 0 Å². The van der Waals surface area contributed by atoms with Crippen molar-refractivity contribution in [2.45, 2.75) is 44.7 Å². The van der Waals surface area contributed by atoms with Gasteiger partial charge in [-0.2, -0.15) is 0 Å². The van der Waals surface area contributed by atoms with Crippen LogP contribution in [0, 0.1) is 0 Å². The van der Waals surface area contributed by atoms with Crippen LogP contribution in [-0.2, 0) is 6.42 Å². The monoisotopic (exact) mass is 307 g/mol. The highest BCUT2D eigenvalue weighted by Gasteiger charge is 2.31. The molecule has 0 radical (unpaired) electrons. The zero-order valence-corrected chi connectivity index (χ0v) is 13.6. The molecule has 1 heterocycles. The number of benzene rings is 1. The molecule has 2 N–H and O–H groups in total. The van der Waals surface area contributed by atoms with E-state index in [4.69, 9.17) is 17.3 Å². The van der Waals surface area contributed by atoms with E-state index in [0.717, 1.165) is 37.0 Å².